The second-order valence-electron chi connectivity index (χ2n) is 4.20. The van der Waals surface area contributed by atoms with Gasteiger partial charge in [-0.15, -0.1) is 0 Å². The summed E-state index contributed by atoms with van der Waals surface area (Å²) in [5.41, 5.74) is 0. The van der Waals surface area contributed by atoms with Crippen LogP contribution in [0.15, 0.2) is 12.3 Å². The Bertz CT molecular complexity index is 253. The largest absolute Gasteiger partial charge is 0.466 e. The first kappa shape index (κ1) is 13.0. The second-order valence-corrected chi connectivity index (χ2v) is 4.20. The smallest absolute Gasteiger partial charge is 0.331 e. The minimum atomic E-state index is -0.300. The Labute approximate surface area is 97.9 Å². The van der Waals surface area contributed by atoms with Gasteiger partial charge in [0.1, 0.15) is 0 Å². The highest BCUT2D eigenvalue weighted by molar-refractivity contribution is 5.81. The third kappa shape index (κ3) is 3.85. The minimum Gasteiger partial charge on any atom is -0.466 e. The zero-order valence-corrected chi connectivity index (χ0v) is 10.5. The lowest BCUT2D eigenvalue weighted by Crippen LogP contribution is -2.37. The van der Waals surface area contributed by atoms with E-state index in [0.717, 1.165) is 13.1 Å². The Morgan fingerprint density at radius 1 is 1.62 bits per heavy atom. The molecule has 1 heterocycles. The highest BCUT2D eigenvalue weighted by Crippen LogP contribution is 2.17. The van der Waals surface area contributed by atoms with Crippen LogP contribution in [0.5, 0.6) is 0 Å². The molecular weight excluding hydrogens is 204 g/mol. The van der Waals surface area contributed by atoms with Gasteiger partial charge in [0, 0.05) is 31.9 Å². The molecule has 1 unspecified atom stereocenters. The van der Waals surface area contributed by atoms with Crippen molar-refractivity contribution in [1.82, 2.24) is 9.80 Å². The fraction of sp³-hybridized carbons (Fsp3) is 0.750. The van der Waals surface area contributed by atoms with E-state index in [0.29, 0.717) is 6.04 Å². The van der Waals surface area contributed by atoms with Gasteiger partial charge in [-0.3, -0.25) is 4.90 Å². The third-order valence-electron chi connectivity index (χ3n) is 3.07. The van der Waals surface area contributed by atoms with Gasteiger partial charge in [-0.2, -0.15) is 0 Å². The quantitative estimate of drug-likeness (QED) is 0.519. The number of nitrogens with zero attached hydrogens (tertiary/aromatic N) is 2. The molecule has 0 amide bonds. The normalized spacial score (nSPS) is 21.6. The van der Waals surface area contributed by atoms with Crippen LogP contribution in [0.4, 0.5) is 0 Å². The zero-order valence-electron chi connectivity index (χ0n) is 10.5. The molecule has 0 N–H and O–H groups in total. The van der Waals surface area contributed by atoms with E-state index < -0.39 is 0 Å². The van der Waals surface area contributed by atoms with Crippen LogP contribution >= 0.6 is 0 Å². The molecule has 0 aromatic heterocycles. The van der Waals surface area contributed by atoms with Crippen LogP contribution < -0.4 is 0 Å². The average Bonchev–Trinajstić information content (AvgIpc) is 2.73. The fourth-order valence-corrected chi connectivity index (χ4v) is 2.17. The fourth-order valence-electron chi connectivity index (χ4n) is 2.17. The van der Waals surface area contributed by atoms with Crippen LogP contribution in [-0.4, -0.2) is 55.6 Å². The van der Waals surface area contributed by atoms with Crippen LogP contribution in [0.2, 0.25) is 0 Å². The van der Waals surface area contributed by atoms with E-state index in [4.69, 9.17) is 0 Å². The summed E-state index contributed by atoms with van der Waals surface area (Å²) in [7, 11) is 3.38. The summed E-state index contributed by atoms with van der Waals surface area (Å²) in [5, 5.41) is 0. The van der Waals surface area contributed by atoms with Crippen LogP contribution in [-0.2, 0) is 9.53 Å². The Morgan fingerprint density at radius 3 is 3.00 bits per heavy atom. The number of hydrogen-bond acceptors (Lipinski definition) is 4. The molecule has 1 saturated heterocycles. The molecule has 4 heteroatoms. The average molecular weight is 226 g/mol. The summed E-state index contributed by atoms with van der Waals surface area (Å²) >= 11 is 0. The van der Waals surface area contributed by atoms with Crippen molar-refractivity contribution in [3.8, 4) is 0 Å². The van der Waals surface area contributed by atoms with E-state index in [2.05, 4.69) is 21.5 Å². The summed E-state index contributed by atoms with van der Waals surface area (Å²) in [6, 6.07) is 0.622. The highest BCUT2D eigenvalue weighted by Gasteiger charge is 2.23. The van der Waals surface area contributed by atoms with Crippen LogP contribution in [0.1, 0.15) is 19.8 Å². The molecule has 0 radical (unpaired) electrons. The number of esters is 1. The molecule has 1 atom stereocenters. The SMILES string of the molecule is CCN1CCCC1CN(C)C=CC(=O)OC. The topological polar surface area (TPSA) is 32.8 Å². The van der Waals surface area contributed by atoms with Crippen molar-refractivity contribution in [2.75, 3.05) is 33.8 Å². The number of ether oxygens (including phenoxy) is 1. The van der Waals surface area contributed by atoms with Gasteiger partial charge in [-0.25, -0.2) is 4.79 Å². The predicted molar refractivity (Wildman–Crippen MR) is 64.1 cm³/mol. The Hall–Kier alpha value is -1.03. The van der Waals surface area contributed by atoms with Crippen molar-refractivity contribution in [3.63, 3.8) is 0 Å². The van der Waals surface area contributed by atoms with E-state index in [-0.39, 0.29) is 5.97 Å². The summed E-state index contributed by atoms with van der Waals surface area (Å²) in [6.07, 6.45) is 5.79. The van der Waals surface area contributed by atoms with Gasteiger partial charge < -0.3 is 9.64 Å². The zero-order chi connectivity index (χ0) is 12.0. The first-order valence-corrected chi connectivity index (χ1v) is 5.87. The maximum atomic E-state index is 10.9. The molecule has 92 valence electrons. The van der Waals surface area contributed by atoms with Gasteiger partial charge in [0.2, 0.25) is 0 Å². The first-order chi connectivity index (χ1) is 7.67. The molecule has 1 fully saturated rings. The molecular formula is C12H22N2O2. The second kappa shape index (κ2) is 6.53. The molecule has 1 aliphatic heterocycles. The number of carbonyl (C=O) groups excluding carboxylic acids is 1. The molecule has 1 aliphatic rings. The minimum absolute atomic E-state index is 0.300. The Kier molecular flexibility index (Phi) is 5.32. The van der Waals surface area contributed by atoms with Gasteiger partial charge in [0.15, 0.2) is 0 Å². The van der Waals surface area contributed by atoms with Crippen molar-refractivity contribution in [2.24, 2.45) is 0 Å². The highest BCUT2D eigenvalue weighted by atomic mass is 16.5. The number of carbonyl (C=O) groups is 1. The van der Waals surface area contributed by atoms with Crippen LogP contribution in [0.25, 0.3) is 0 Å². The number of hydrogen-bond donors (Lipinski definition) is 0. The predicted octanol–water partition coefficient (Wildman–Crippen LogP) is 1.09. The Balaban J connectivity index is 2.36. The molecule has 4 nitrogen and oxygen atoms in total. The molecule has 16 heavy (non-hydrogen) atoms. The van der Waals surface area contributed by atoms with E-state index in [9.17, 15) is 4.79 Å². The molecule has 0 saturated carbocycles. The molecule has 0 bridgehead atoms. The standard InChI is InChI=1S/C12H22N2O2/c1-4-14-8-5-6-11(14)10-13(2)9-7-12(15)16-3/h7,9,11H,4-6,8,10H2,1-3H3. The van der Waals surface area contributed by atoms with Crippen LogP contribution in [0, 0.1) is 0 Å². The third-order valence-corrected chi connectivity index (χ3v) is 3.07. The summed E-state index contributed by atoms with van der Waals surface area (Å²) in [5.74, 6) is -0.300. The maximum Gasteiger partial charge on any atom is 0.331 e. The van der Waals surface area contributed by atoms with Gasteiger partial charge >= 0.3 is 5.97 Å². The lowest BCUT2D eigenvalue weighted by Gasteiger charge is -2.26. The summed E-state index contributed by atoms with van der Waals surface area (Å²) in [4.78, 5) is 15.5. The van der Waals surface area contributed by atoms with Gasteiger partial charge in [0.05, 0.1) is 7.11 Å². The molecule has 1 rings (SSSR count). The monoisotopic (exact) mass is 226 g/mol. The van der Waals surface area contributed by atoms with Crippen molar-refractivity contribution in [1.29, 1.82) is 0 Å². The number of likely N-dealkylation sites (N-methyl/N-ethyl adjacent to an activating group) is 2. The van der Waals surface area contributed by atoms with Gasteiger partial charge in [0.25, 0.3) is 0 Å². The van der Waals surface area contributed by atoms with E-state index >= 15 is 0 Å². The van der Waals surface area contributed by atoms with E-state index in [1.807, 2.05) is 7.05 Å². The van der Waals surface area contributed by atoms with Crippen molar-refractivity contribution < 1.29 is 9.53 Å². The number of rotatable bonds is 5. The summed E-state index contributed by atoms with van der Waals surface area (Å²) in [6.45, 7) is 5.49. The lowest BCUT2D eigenvalue weighted by molar-refractivity contribution is -0.134. The molecule has 0 spiro atoms. The first-order valence-electron chi connectivity index (χ1n) is 5.87. The van der Waals surface area contributed by atoms with Crippen LogP contribution in [0.3, 0.4) is 0 Å². The maximum absolute atomic E-state index is 10.9. The van der Waals surface area contributed by atoms with E-state index in [1.165, 1.54) is 32.6 Å². The van der Waals surface area contributed by atoms with Gasteiger partial charge in [-0.1, -0.05) is 6.92 Å². The number of likely N-dealkylation sites (tertiary alicyclic amines) is 1. The molecule has 0 aromatic rings. The van der Waals surface area contributed by atoms with Crippen molar-refractivity contribution in [3.05, 3.63) is 12.3 Å². The molecule has 0 aliphatic carbocycles. The van der Waals surface area contributed by atoms with E-state index in [1.54, 1.807) is 6.20 Å². The van der Waals surface area contributed by atoms with Gasteiger partial charge in [-0.05, 0) is 25.9 Å². The summed E-state index contributed by atoms with van der Waals surface area (Å²) < 4.78 is 4.55. The van der Waals surface area contributed by atoms with Crippen molar-refractivity contribution >= 4 is 5.97 Å². The Morgan fingerprint density at radius 2 is 2.38 bits per heavy atom. The number of methoxy groups -OCH3 is 1. The lowest BCUT2D eigenvalue weighted by atomic mass is 10.2. The molecule has 0 aromatic carbocycles. The van der Waals surface area contributed by atoms with Crippen molar-refractivity contribution in [2.45, 2.75) is 25.8 Å².